The monoisotopic (exact) mass is 527 g/mol. The van der Waals surface area contributed by atoms with Gasteiger partial charge in [-0.2, -0.15) is 0 Å². The van der Waals surface area contributed by atoms with Crippen LogP contribution in [0.5, 0.6) is 5.75 Å². The number of aryl methyl sites for hydroxylation is 1. The molecular weight excluding hydrogens is 486 g/mol. The number of methoxy groups -OCH3 is 1. The van der Waals surface area contributed by atoms with E-state index in [4.69, 9.17) is 4.74 Å². The lowest BCUT2D eigenvalue weighted by Crippen LogP contribution is -2.47. The van der Waals surface area contributed by atoms with E-state index >= 15 is 0 Å². The zero-order valence-corrected chi connectivity index (χ0v) is 23.7. The van der Waals surface area contributed by atoms with Gasteiger partial charge in [-0.3, -0.25) is 9.59 Å². The molecule has 0 aliphatic carbocycles. The standard InChI is InChI=1S/C33H41N3O3/c1-24(2)17-20-35-21-18-30(19-22-35)36(33(38)28-9-5-25(3)6-10-28)23-26-7-11-27(12-8-26)32(37)34-29-13-15-31(39-4)16-14-29/h5-16,24,30H,17-23H2,1-4H3,(H,34,37). The number of amides is 2. The number of carbonyl (C=O) groups excluding carboxylic acids is 2. The number of nitrogens with one attached hydrogen (secondary N) is 1. The summed E-state index contributed by atoms with van der Waals surface area (Å²) in [5.41, 5.74) is 4.15. The summed E-state index contributed by atoms with van der Waals surface area (Å²) in [6.07, 6.45) is 3.14. The third kappa shape index (κ3) is 7.93. The zero-order valence-electron chi connectivity index (χ0n) is 23.7. The Hall–Kier alpha value is -3.64. The van der Waals surface area contributed by atoms with Gasteiger partial charge in [0.05, 0.1) is 7.11 Å². The fourth-order valence-corrected chi connectivity index (χ4v) is 4.96. The summed E-state index contributed by atoms with van der Waals surface area (Å²) in [4.78, 5) is 31.1. The number of ether oxygens (including phenoxy) is 1. The first-order valence-corrected chi connectivity index (χ1v) is 14.0. The van der Waals surface area contributed by atoms with Crippen molar-refractivity contribution in [1.29, 1.82) is 0 Å². The maximum atomic E-state index is 13.7. The van der Waals surface area contributed by atoms with Gasteiger partial charge in [0.25, 0.3) is 11.8 Å². The van der Waals surface area contributed by atoms with E-state index in [-0.39, 0.29) is 17.9 Å². The summed E-state index contributed by atoms with van der Waals surface area (Å²) in [6.45, 7) is 10.2. The summed E-state index contributed by atoms with van der Waals surface area (Å²) in [7, 11) is 1.61. The van der Waals surface area contributed by atoms with Gasteiger partial charge in [-0.15, -0.1) is 0 Å². The highest BCUT2D eigenvalue weighted by molar-refractivity contribution is 6.04. The Morgan fingerprint density at radius 2 is 1.54 bits per heavy atom. The van der Waals surface area contributed by atoms with Crippen LogP contribution in [0.2, 0.25) is 0 Å². The van der Waals surface area contributed by atoms with Gasteiger partial charge < -0.3 is 19.9 Å². The first-order chi connectivity index (χ1) is 18.8. The Balaban J connectivity index is 1.45. The van der Waals surface area contributed by atoms with Gasteiger partial charge in [0, 0.05) is 42.5 Å². The van der Waals surface area contributed by atoms with Crippen molar-refractivity contribution in [2.45, 2.75) is 52.6 Å². The molecule has 0 bridgehead atoms. The number of rotatable bonds is 10. The zero-order chi connectivity index (χ0) is 27.8. The van der Waals surface area contributed by atoms with Crippen molar-refractivity contribution in [1.82, 2.24) is 9.80 Å². The fraction of sp³-hybridized carbons (Fsp3) is 0.394. The lowest BCUT2D eigenvalue weighted by molar-refractivity contribution is 0.0546. The molecule has 1 saturated heterocycles. The molecule has 0 atom stereocenters. The van der Waals surface area contributed by atoms with Crippen LogP contribution in [0.4, 0.5) is 5.69 Å². The molecule has 1 N–H and O–H groups in total. The number of benzene rings is 3. The summed E-state index contributed by atoms with van der Waals surface area (Å²) < 4.78 is 5.18. The Labute approximate surface area is 233 Å². The Kier molecular flexibility index (Phi) is 9.77. The summed E-state index contributed by atoms with van der Waals surface area (Å²) >= 11 is 0. The van der Waals surface area contributed by atoms with Crippen molar-refractivity contribution in [3.63, 3.8) is 0 Å². The smallest absolute Gasteiger partial charge is 0.255 e. The molecule has 0 aromatic heterocycles. The number of hydrogen-bond donors (Lipinski definition) is 1. The summed E-state index contributed by atoms with van der Waals surface area (Å²) in [6, 6.07) is 22.9. The van der Waals surface area contributed by atoms with E-state index in [1.807, 2.05) is 84.6 Å². The Morgan fingerprint density at radius 1 is 0.923 bits per heavy atom. The topological polar surface area (TPSA) is 61.9 Å². The number of likely N-dealkylation sites (tertiary alicyclic amines) is 1. The van der Waals surface area contributed by atoms with Gasteiger partial charge in [-0.05, 0) is 92.7 Å². The van der Waals surface area contributed by atoms with Crippen molar-refractivity contribution in [2.24, 2.45) is 5.92 Å². The van der Waals surface area contributed by atoms with Gasteiger partial charge >= 0.3 is 0 Å². The molecule has 0 radical (unpaired) electrons. The van der Waals surface area contributed by atoms with Crippen LogP contribution in [0, 0.1) is 12.8 Å². The van der Waals surface area contributed by atoms with E-state index in [1.165, 1.54) is 6.42 Å². The molecule has 6 nitrogen and oxygen atoms in total. The molecule has 1 aliphatic heterocycles. The molecule has 4 rings (SSSR count). The number of carbonyl (C=O) groups is 2. The molecule has 0 spiro atoms. The first-order valence-electron chi connectivity index (χ1n) is 14.0. The maximum absolute atomic E-state index is 13.7. The SMILES string of the molecule is COc1ccc(NC(=O)c2ccc(CN(C(=O)c3ccc(C)cc3)C3CCN(CCC(C)C)CC3)cc2)cc1. The van der Waals surface area contributed by atoms with Crippen LogP contribution >= 0.6 is 0 Å². The molecular formula is C33H41N3O3. The molecule has 2 amide bonds. The Morgan fingerprint density at radius 3 is 2.13 bits per heavy atom. The second kappa shape index (κ2) is 13.4. The van der Waals surface area contributed by atoms with Crippen LogP contribution in [-0.4, -0.2) is 54.4 Å². The van der Waals surface area contributed by atoms with Crippen molar-refractivity contribution in [2.75, 3.05) is 32.1 Å². The number of nitrogens with zero attached hydrogens (tertiary/aromatic N) is 2. The fourth-order valence-electron chi connectivity index (χ4n) is 4.96. The normalized spacial score (nSPS) is 14.3. The van der Waals surface area contributed by atoms with E-state index in [0.717, 1.165) is 54.9 Å². The largest absolute Gasteiger partial charge is 0.497 e. The number of anilines is 1. The van der Waals surface area contributed by atoms with Gasteiger partial charge in [-0.1, -0.05) is 43.7 Å². The van der Waals surface area contributed by atoms with E-state index < -0.39 is 0 Å². The molecule has 1 heterocycles. The summed E-state index contributed by atoms with van der Waals surface area (Å²) in [5.74, 6) is 1.33. The third-order valence-corrected chi connectivity index (χ3v) is 7.50. The van der Waals surface area contributed by atoms with Gasteiger partial charge in [-0.25, -0.2) is 0 Å². The van der Waals surface area contributed by atoms with Gasteiger partial charge in [0.2, 0.25) is 0 Å². The van der Waals surface area contributed by atoms with Crippen molar-refractivity contribution < 1.29 is 14.3 Å². The van der Waals surface area contributed by atoms with Crippen LogP contribution in [0.25, 0.3) is 0 Å². The molecule has 3 aromatic carbocycles. The lowest BCUT2D eigenvalue weighted by Gasteiger charge is -2.39. The highest BCUT2D eigenvalue weighted by atomic mass is 16.5. The minimum Gasteiger partial charge on any atom is -0.497 e. The van der Waals surface area contributed by atoms with Crippen molar-refractivity contribution in [3.8, 4) is 5.75 Å². The van der Waals surface area contributed by atoms with E-state index in [9.17, 15) is 9.59 Å². The quantitative estimate of drug-likeness (QED) is 0.331. The predicted molar refractivity (Wildman–Crippen MR) is 157 cm³/mol. The predicted octanol–water partition coefficient (Wildman–Crippen LogP) is 6.41. The van der Waals surface area contributed by atoms with E-state index in [2.05, 4.69) is 24.1 Å². The first kappa shape index (κ1) is 28.4. The minimum atomic E-state index is -0.173. The van der Waals surface area contributed by atoms with Gasteiger partial charge in [0.15, 0.2) is 0 Å². The van der Waals surface area contributed by atoms with Crippen molar-refractivity contribution >= 4 is 17.5 Å². The summed E-state index contributed by atoms with van der Waals surface area (Å²) in [5, 5.41) is 2.92. The highest BCUT2D eigenvalue weighted by Crippen LogP contribution is 2.23. The average molecular weight is 528 g/mol. The van der Waals surface area contributed by atoms with Crippen LogP contribution in [0.15, 0.2) is 72.8 Å². The molecule has 206 valence electrons. The van der Waals surface area contributed by atoms with Crippen LogP contribution in [-0.2, 0) is 6.54 Å². The van der Waals surface area contributed by atoms with Gasteiger partial charge in [0.1, 0.15) is 5.75 Å². The van der Waals surface area contributed by atoms with Crippen LogP contribution in [0.3, 0.4) is 0 Å². The minimum absolute atomic E-state index is 0.0666. The highest BCUT2D eigenvalue weighted by Gasteiger charge is 2.29. The lowest BCUT2D eigenvalue weighted by atomic mass is 9.99. The van der Waals surface area contributed by atoms with Crippen molar-refractivity contribution in [3.05, 3.63) is 95.1 Å². The number of piperidine rings is 1. The maximum Gasteiger partial charge on any atom is 0.255 e. The average Bonchev–Trinajstić information content (AvgIpc) is 2.96. The second-order valence-electron chi connectivity index (χ2n) is 10.9. The molecule has 1 fully saturated rings. The van der Waals surface area contributed by atoms with Crippen LogP contribution < -0.4 is 10.1 Å². The second-order valence-corrected chi connectivity index (χ2v) is 10.9. The molecule has 0 saturated carbocycles. The molecule has 39 heavy (non-hydrogen) atoms. The molecule has 0 unspecified atom stereocenters. The molecule has 1 aliphatic rings. The van der Waals surface area contributed by atoms with Crippen LogP contribution in [0.1, 0.15) is 65.0 Å². The van der Waals surface area contributed by atoms with E-state index in [1.54, 1.807) is 7.11 Å². The molecule has 3 aromatic rings. The number of hydrogen-bond acceptors (Lipinski definition) is 4. The Bertz CT molecular complexity index is 1210. The third-order valence-electron chi connectivity index (χ3n) is 7.50. The van der Waals surface area contributed by atoms with E-state index in [0.29, 0.717) is 23.7 Å². The molecule has 6 heteroatoms.